The Kier molecular flexibility index (Phi) is 5.47. The zero-order valence-corrected chi connectivity index (χ0v) is 20.6. The minimum Gasteiger partial charge on any atom is -0.483 e. The molecule has 0 amide bonds. The second kappa shape index (κ2) is 8.19. The predicted octanol–water partition coefficient (Wildman–Crippen LogP) is 2.22. The van der Waals surface area contributed by atoms with Gasteiger partial charge in [-0.25, -0.2) is 23.5 Å². The van der Waals surface area contributed by atoms with Crippen LogP contribution < -0.4 is 20.9 Å². The molecule has 2 N–H and O–H groups in total. The van der Waals surface area contributed by atoms with E-state index in [0.29, 0.717) is 22.6 Å². The Hall–Kier alpha value is -3.66. The van der Waals surface area contributed by atoms with Crippen molar-refractivity contribution in [2.75, 3.05) is 6.35 Å². The van der Waals surface area contributed by atoms with Gasteiger partial charge in [0.05, 0.1) is 12.2 Å². The minimum atomic E-state index is -4.38. The first-order chi connectivity index (χ1) is 16.9. The predicted molar refractivity (Wildman–Crippen MR) is 129 cm³/mol. The topological polar surface area (TPSA) is 142 Å². The van der Waals surface area contributed by atoms with Gasteiger partial charge in [0, 0.05) is 17.2 Å². The van der Waals surface area contributed by atoms with Crippen molar-refractivity contribution in [3.05, 3.63) is 86.2 Å². The third-order valence-electron chi connectivity index (χ3n) is 6.35. The molecule has 3 heterocycles. The van der Waals surface area contributed by atoms with E-state index in [-0.39, 0.29) is 18.1 Å². The highest BCUT2D eigenvalue weighted by atomic mass is 31.2. The van der Waals surface area contributed by atoms with Crippen LogP contribution >= 0.6 is 7.60 Å². The molecule has 0 spiro atoms. The van der Waals surface area contributed by atoms with Crippen LogP contribution in [0, 0.1) is 0 Å². The average Bonchev–Trinajstić information content (AvgIpc) is 3.06. The van der Waals surface area contributed by atoms with Crippen molar-refractivity contribution in [1.82, 2.24) is 13.9 Å². The van der Waals surface area contributed by atoms with E-state index in [9.17, 15) is 18.9 Å². The van der Waals surface area contributed by atoms with Crippen LogP contribution in [0.15, 0.2) is 63.7 Å². The van der Waals surface area contributed by atoms with Crippen molar-refractivity contribution >= 4 is 13.4 Å². The molecule has 2 aromatic carbocycles. The Morgan fingerprint density at radius 1 is 1.14 bits per heavy atom. The summed E-state index contributed by atoms with van der Waals surface area (Å²) in [6.07, 6.45) is 1.09. The fourth-order valence-electron chi connectivity index (χ4n) is 4.69. The normalized spacial score (nSPS) is 17.8. The second-order valence-corrected chi connectivity index (χ2v) is 10.8. The number of nitrogens with zero attached hydrogens (tertiary/aromatic N) is 3. The summed E-state index contributed by atoms with van der Waals surface area (Å²) in [4.78, 5) is 56.9. The molecule has 11 nitrogen and oxygen atoms in total. The first kappa shape index (κ1) is 24.1. The highest BCUT2D eigenvalue weighted by Gasteiger charge is 2.44. The standard InChI is InChI=1S/C24H24N3O8P/c1-14(28)15-4-6-16(7-5-15)26-22(29)25-11-10-19-21(27(25)23(26)30)18-9-8-17(34-13-36(31,32)33)12-20(18)35-24(19,2)3/h4-10,12,21H,11,13H2,1-3H3,(H2,31,32,33). The number of hydrogen-bond donors (Lipinski definition) is 2. The van der Waals surface area contributed by atoms with Crippen LogP contribution in [-0.2, 0) is 11.1 Å². The minimum absolute atomic E-state index is 0.124. The molecule has 5 rings (SSSR count). The summed E-state index contributed by atoms with van der Waals surface area (Å²) in [6, 6.07) is 10.3. The zero-order chi connectivity index (χ0) is 26.0. The van der Waals surface area contributed by atoms with E-state index in [1.54, 1.807) is 30.3 Å². The third kappa shape index (κ3) is 3.95. The summed E-state index contributed by atoms with van der Waals surface area (Å²) in [5.74, 6) is 0.446. The number of ketones is 1. The first-order valence-electron chi connectivity index (χ1n) is 11.1. The molecule has 0 fully saturated rings. The van der Waals surface area contributed by atoms with E-state index in [2.05, 4.69) is 0 Å². The van der Waals surface area contributed by atoms with Gasteiger partial charge in [0.25, 0.3) is 0 Å². The van der Waals surface area contributed by atoms with E-state index in [1.165, 1.54) is 28.4 Å². The summed E-state index contributed by atoms with van der Waals surface area (Å²) in [7, 11) is -4.38. The second-order valence-electron chi connectivity index (χ2n) is 9.24. The molecule has 2 aliphatic heterocycles. The molecule has 2 aliphatic rings. The fraction of sp³-hybridized carbons (Fsp3) is 0.292. The van der Waals surface area contributed by atoms with E-state index < -0.39 is 37.0 Å². The van der Waals surface area contributed by atoms with E-state index in [1.807, 2.05) is 19.9 Å². The van der Waals surface area contributed by atoms with Crippen molar-refractivity contribution in [3.8, 4) is 17.2 Å². The third-order valence-corrected chi connectivity index (χ3v) is 6.82. The van der Waals surface area contributed by atoms with Crippen LogP contribution in [-0.4, -0.2) is 41.4 Å². The molecule has 0 aliphatic carbocycles. The maximum atomic E-state index is 13.7. The number of Topliss-reactive ketones (excluding diaryl/α,β-unsaturated/α-hetero) is 1. The van der Waals surface area contributed by atoms with Gasteiger partial charge in [0.1, 0.15) is 23.1 Å². The molecule has 0 saturated carbocycles. The van der Waals surface area contributed by atoms with Gasteiger partial charge < -0.3 is 19.3 Å². The lowest BCUT2D eigenvalue weighted by molar-refractivity contribution is 0.101. The number of rotatable bonds is 5. The lowest BCUT2D eigenvalue weighted by Crippen LogP contribution is -2.46. The Balaban J connectivity index is 1.64. The van der Waals surface area contributed by atoms with Gasteiger partial charge in [-0.15, -0.1) is 0 Å². The van der Waals surface area contributed by atoms with Gasteiger partial charge in [0.15, 0.2) is 12.1 Å². The van der Waals surface area contributed by atoms with Crippen molar-refractivity contribution in [3.63, 3.8) is 0 Å². The van der Waals surface area contributed by atoms with Crippen molar-refractivity contribution in [1.29, 1.82) is 0 Å². The van der Waals surface area contributed by atoms with Crippen LogP contribution in [0.4, 0.5) is 0 Å². The largest absolute Gasteiger partial charge is 0.483 e. The molecule has 188 valence electrons. The first-order valence-corrected chi connectivity index (χ1v) is 12.9. The van der Waals surface area contributed by atoms with Gasteiger partial charge in [-0.2, -0.15) is 0 Å². The van der Waals surface area contributed by atoms with E-state index in [0.717, 1.165) is 10.1 Å². The Morgan fingerprint density at radius 3 is 2.47 bits per heavy atom. The highest BCUT2D eigenvalue weighted by molar-refractivity contribution is 7.51. The molecular formula is C24H24N3O8P. The molecular weight excluding hydrogens is 489 g/mol. The number of allylic oxidation sites excluding steroid dienone is 1. The molecule has 1 aromatic heterocycles. The number of ether oxygens (including phenoxy) is 2. The van der Waals surface area contributed by atoms with Crippen LogP contribution in [0.1, 0.15) is 42.7 Å². The van der Waals surface area contributed by atoms with E-state index >= 15 is 0 Å². The van der Waals surface area contributed by atoms with Crippen molar-refractivity contribution in [2.45, 2.75) is 39.0 Å². The Morgan fingerprint density at radius 2 is 1.83 bits per heavy atom. The maximum absolute atomic E-state index is 13.7. The molecule has 36 heavy (non-hydrogen) atoms. The van der Waals surface area contributed by atoms with Crippen LogP contribution in [0.3, 0.4) is 0 Å². The van der Waals surface area contributed by atoms with Crippen LogP contribution in [0.25, 0.3) is 5.69 Å². The zero-order valence-electron chi connectivity index (χ0n) is 19.7. The number of carbonyl (C=O) groups is 1. The van der Waals surface area contributed by atoms with Gasteiger partial charge in [-0.1, -0.05) is 6.08 Å². The summed E-state index contributed by atoms with van der Waals surface area (Å²) in [5, 5.41) is 0. The van der Waals surface area contributed by atoms with Crippen LogP contribution in [0.2, 0.25) is 0 Å². The van der Waals surface area contributed by atoms with Crippen LogP contribution in [0.5, 0.6) is 11.5 Å². The summed E-state index contributed by atoms with van der Waals surface area (Å²) in [6.45, 7) is 5.29. The number of benzene rings is 2. The van der Waals surface area contributed by atoms with Gasteiger partial charge in [-0.3, -0.25) is 9.36 Å². The number of hydrogen-bond acceptors (Lipinski definition) is 6. The molecule has 0 bridgehead atoms. The molecule has 12 heteroatoms. The number of fused-ring (bicyclic) bond motifs is 5. The lowest BCUT2D eigenvalue weighted by atomic mass is 9.83. The quantitative estimate of drug-likeness (QED) is 0.301. The molecule has 0 saturated heterocycles. The molecule has 3 aromatic rings. The number of carbonyl (C=O) groups excluding carboxylic acids is 1. The maximum Gasteiger partial charge on any atom is 0.362 e. The fourth-order valence-corrected chi connectivity index (χ4v) is 5.01. The Bertz CT molecular complexity index is 1590. The van der Waals surface area contributed by atoms with E-state index in [4.69, 9.17) is 19.3 Å². The Labute approximate surface area is 205 Å². The molecule has 1 unspecified atom stereocenters. The van der Waals surface area contributed by atoms with Gasteiger partial charge in [0.2, 0.25) is 0 Å². The summed E-state index contributed by atoms with van der Waals surface area (Å²) in [5.41, 5.74) is 0.310. The monoisotopic (exact) mass is 513 g/mol. The number of aromatic nitrogens is 3. The lowest BCUT2D eigenvalue weighted by Gasteiger charge is -2.42. The summed E-state index contributed by atoms with van der Waals surface area (Å²) < 4.78 is 26.5. The van der Waals surface area contributed by atoms with Crippen molar-refractivity contribution in [2.24, 2.45) is 0 Å². The SMILES string of the molecule is CC(=O)c1ccc(-n2c(=O)n3n(c2=O)C2C(=CC3)C(C)(C)Oc3cc(OCP(=O)(O)O)ccc32)cc1. The highest BCUT2D eigenvalue weighted by Crippen LogP contribution is 2.47. The van der Waals surface area contributed by atoms with Gasteiger partial charge in [-0.05, 0) is 62.7 Å². The van der Waals surface area contributed by atoms with Gasteiger partial charge >= 0.3 is 19.0 Å². The molecule has 0 radical (unpaired) electrons. The van der Waals surface area contributed by atoms with Crippen molar-refractivity contribution < 1.29 is 28.6 Å². The summed E-state index contributed by atoms with van der Waals surface area (Å²) >= 11 is 0. The average molecular weight is 513 g/mol. The smallest absolute Gasteiger partial charge is 0.362 e. The molecule has 1 atom stereocenters.